The van der Waals surface area contributed by atoms with Crippen molar-refractivity contribution in [1.29, 1.82) is 0 Å². The van der Waals surface area contributed by atoms with Gasteiger partial charge in [-0.05, 0) is 0 Å². The number of carbonyl (C=O) groups is 1. The number of nitrogens with zero attached hydrogens (tertiary/aromatic N) is 4. The van der Waals surface area contributed by atoms with E-state index >= 15 is 0 Å². The Bertz CT molecular complexity index is 360. The third-order valence-corrected chi connectivity index (χ3v) is 2.93. The maximum atomic E-state index is 11.3. The molecule has 0 aliphatic carbocycles. The van der Waals surface area contributed by atoms with Gasteiger partial charge in [0.25, 0.3) is 0 Å². The average molecular weight is 208 g/mol. The highest BCUT2D eigenvalue weighted by Gasteiger charge is 2.23. The molecule has 0 radical (unpaired) electrons. The summed E-state index contributed by atoms with van der Waals surface area (Å²) < 4.78 is 1.78. The monoisotopic (exact) mass is 208 g/mol. The van der Waals surface area contributed by atoms with Crippen LogP contribution in [0.25, 0.3) is 0 Å². The smallest absolute Gasteiger partial charge is 0.140 e. The van der Waals surface area contributed by atoms with Gasteiger partial charge in [-0.15, -0.1) is 0 Å². The summed E-state index contributed by atoms with van der Waals surface area (Å²) in [4.78, 5) is 17.8. The Kier molecular flexibility index (Phi) is 2.81. The fourth-order valence-corrected chi connectivity index (χ4v) is 1.90. The number of aromatic nitrogens is 3. The molecule has 0 amide bonds. The molecule has 1 aliphatic rings. The molecule has 2 heterocycles. The summed E-state index contributed by atoms with van der Waals surface area (Å²) in [6.45, 7) is 4.46. The number of hydrogen-bond acceptors (Lipinski definition) is 4. The Labute approximate surface area is 89.1 Å². The maximum absolute atomic E-state index is 11.3. The number of likely N-dealkylation sites (tertiary alicyclic amines) is 1. The summed E-state index contributed by atoms with van der Waals surface area (Å²) in [6.07, 6.45) is 2.23. The molecule has 15 heavy (non-hydrogen) atoms. The number of carbonyl (C=O) groups excluding carboxylic acids is 1. The lowest BCUT2D eigenvalue weighted by Gasteiger charge is -2.29. The largest absolute Gasteiger partial charge is 0.299 e. The summed E-state index contributed by atoms with van der Waals surface area (Å²) in [7, 11) is 1.89. The van der Waals surface area contributed by atoms with Gasteiger partial charge in [0, 0.05) is 32.5 Å². The van der Waals surface area contributed by atoms with E-state index in [1.807, 2.05) is 14.0 Å². The molecule has 2 rings (SSSR count). The lowest BCUT2D eigenvalue weighted by molar-refractivity contribution is -0.125. The average Bonchev–Trinajstić information content (AvgIpc) is 2.59. The van der Waals surface area contributed by atoms with Crippen LogP contribution in [-0.2, 0) is 18.4 Å². The molecule has 0 saturated carbocycles. The van der Waals surface area contributed by atoms with E-state index in [4.69, 9.17) is 0 Å². The maximum Gasteiger partial charge on any atom is 0.140 e. The summed E-state index contributed by atoms with van der Waals surface area (Å²) in [5, 5.41) is 4.03. The van der Waals surface area contributed by atoms with Crippen molar-refractivity contribution in [1.82, 2.24) is 19.7 Å². The van der Waals surface area contributed by atoms with Crippen molar-refractivity contribution >= 4 is 5.78 Å². The predicted octanol–water partition coefficient (Wildman–Crippen LogP) is 0.226. The van der Waals surface area contributed by atoms with Crippen molar-refractivity contribution in [2.75, 3.05) is 13.1 Å². The van der Waals surface area contributed by atoms with E-state index < -0.39 is 0 Å². The second kappa shape index (κ2) is 4.10. The van der Waals surface area contributed by atoms with Crippen molar-refractivity contribution in [3.05, 3.63) is 12.2 Å². The Morgan fingerprint density at radius 2 is 2.40 bits per heavy atom. The minimum absolute atomic E-state index is 0.159. The van der Waals surface area contributed by atoms with E-state index in [9.17, 15) is 4.79 Å². The molecule has 1 aromatic heterocycles. The van der Waals surface area contributed by atoms with Gasteiger partial charge >= 0.3 is 0 Å². The zero-order valence-corrected chi connectivity index (χ0v) is 9.18. The number of rotatable bonds is 2. The molecule has 0 spiro atoms. The van der Waals surface area contributed by atoms with Crippen LogP contribution in [0.2, 0.25) is 0 Å². The van der Waals surface area contributed by atoms with Gasteiger partial charge in [-0.1, -0.05) is 6.92 Å². The van der Waals surface area contributed by atoms with Crippen molar-refractivity contribution in [3.63, 3.8) is 0 Å². The molecule has 1 unspecified atom stereocenters. The molecule has 5 heteroatoms. The normalized spacial score (nSPS) is 23.3. The number of hydrogen-bond donors (Lipinski definition) is 0. The van der Waals surface area contributed by atoms with Crippen molar-refractivity contribution in [3.8, 4) is 0 Å². The van der Waals surface area contributed by atoms with Gasteiger partial charge in [0.15, 0.2) is 0 Å². The van der Waals surface area contributed by atoms with Crippen molar-refractivity contribution in [2.24, 2.45) is 13.0 Å². The Morgan fingerprint density at radius 1 is 1.60 bits per heavy atom. The first kappa shape index (κ1) is 10.3. The molecule has 82 valence electrons. The Hall–Kier alpha value is -1.23. The highest BCUT2D eigenvalue weighted by Crippen LogP contribution is 2.13. The molecular formula is C10H16N4O. The quantitative estimate of drug-likeness (QED) is 0.698. The van der Waals surface area contributed by atoms with Crippen molar-refractivity contribution in [2.45, 2.75) is 19.9 Å². The lowest BCUT2D eigenvalue weighted by atomic mass is 9.99. The van der Waals surface area contributed by atoms with Crippen LogP contribution in [-0.4, -0.2) is 38.5 Å². The summed E-state index contributed by atoms with van der Waals surface area (Å²) >= 11 is 0. The van der Waals surface area contributed by atoms with Gasteiger partial charge in [0.05, 0.1) is 6.54 Å². The molecule has 0 aromatic carbocycles. The van der Waals surface area contributed by atoms with Crippen LogP contribution >= 0.6 is 0 Å². The minimum Gasteiger partial charge on any atom is -0.299 e. The van der Waals surface area contributed by atoms with Gasteiger partial charge < -0.3 is 0 Å². The van der Waals surface area contributed by atoms with Crippen LogP contribution in [0, 0.1) is 5.92 Å². The molecule has 1 aromatic rings. The van der Waals surface area contributed by atoms with Gasteiger partial charge in [0.2, 0.25) is 0 Å². The number of piperidine rings is 1. The van der Waals surface area contributed by atoms with Crippen LogP contribution in [0.1, 0.15) is 19.2 Å². The molecule has 1 aliphatic heterocycles. The fourth-order valence-electron chi connectivity index (χ4n) is 1.90. The zero-order valence-electron chi connectivity index (χ0n) is 9.18. The molecule has 1 saturated heterocycles. The molecular weight excluding hydrogens is 192 g/mol. The van der Waals surface area contributed by atoms with Gasteiger partial charge in [-0.25, -0.2) is 4.98 Å². The number of ketones is 1. The van der Waals surface area contributed by atoms with Crippen LogP contribution < -0.4 is 0 Å². The van der Waals surface area contributed by atoms with Gasteiger partial charge in [0.1, 0.15) is 17.9 Å². The lowest BCUT2D eigenvalue weighted by Crippen LogP contribution is -2.39. The summed E-state index contributed by atoms with van der Waals surface area (Å²) in [5.41, 5.74) is 0. The standard InChI is InChI=1S/C10H16N4O/c1-8-5-14(4-3-9(8)15)6-10-11-7-12-13(10)2/h7-8H,3-6H2,1-2H3. The van der Waals surface area contributed by atoms with Crippen LogP contribution in [0.4, 0.5) is 0 Å². The van der Waals surface area contributed by atoms with E-state index in [0.717, 1.165) is 25.5 Å². The highest BCUT2D eigenvalue weighted by molar-refractivity contribution is 5.81. The SMILES string of the molecule is CC1CN(Cc2ncnn2C)CCC1=O. The van der Waals surface area contributed by atoms with Crippen molar-refractivity contribution < 1.29 is 4.79 Å². The summed E-state index contributed by atoms with van der Waals surface area (Å²) in [6, 6.07) is 0. The first-order valence-corrected chi connectivity index (χ1v) is 5.25. The predicted molar refractivity (Wildman–Crippen MR) is 55.1 cm³/mol. The molecule has 1 fully saturated rings. The third-order valence-electron chi connectivity index (χ3n) is 2.93. The van der Waals surface area contributed by atoms with E-state index in [1.165, 1.54) is 0 Å². The van der Waals surface area contributed by atoms with Crippen LogP contribution in [0.15, 0.2) is 6.33 Å². The molecule has 1 atom stereocenters. The molecule has 5 nitrogen and oxygen atoms in total. The van der Waals surface area contributed by atoms with E-state index in [1.54, 1.807) is 11.0 Å². The second-order valence-electron chi connectivity index (χ2n) is 4.15. The third kappa shape index (κ3) is 2.23. The molecule has 0 bridgehead atoms. The van der Waals surface area contributed by atoms with E-state index in [0.29, 0.717) is 12.2 Å². The second-order valence-corrected chi connectivity index (χ2v) is 4.15. The first-order chi connectivity index (χ1) is 7.16. The zero-order chi connectivity index (χ0) is 10.8. The van der Waals surface area contributed by atoms with Gasteiger partial charge in [-0.3, -0.25) is 14.4 Å². The highest BCUT2D eigenvalue weighted by atomic mass is 16.1. The fraction of sp³-hybridized carbons (Fsp3) is 0.700. The van der Waals surface area contributed by atoms with E-state index in [-0.39, 0.29) is 5.92 Å². The van der Waals surface area contributed by atoms with Crippen LogP contribution in [0.5, 0.6) is 0 Å². The number of aryl methyl sites for hydroxylation is 1. The summed E-state index contributed by atoms with van der Waals surface area (Å²) in [5.74, 6) is 1.49. The van der Waals surface area contributed by atoms with Gasteiger partial charge in [-0.2, -0.15) is 5.10 Å². The first-order valence-electron chi connectivity index (χ1n) is 5.25. The Morgan fingerprint density at radius 3 is 3.00 bits per heavy atom. The Balaban J connectivity index is 1.96. The number of Topliss-reactive ketones (excluding diaryl/α,β-unsaturated/α-hetero) is 1. The van der Waals surface area contributed by atoms with E-state index in [2.05, 4.69) is 15.0 Å². The topological polar surface area (TPSA) is 51.0 Å². The van der Waals surface area contributed by atoms with Crippen LogP contribution in [0.3, 0.4) is 0 Å². The minimum atomic E-state index is 0.159. The molecule has 0 N–H and O–H groups in total.